The summed E-state index contributed by atoms with van der Waals surface area (Å²) >= 11 is 0. The molecule has 9 unspecified atom stereocenters. The molecular weight excluding hydrogens is 532 g/mol. The lowest BCUT2D eigenvalue weighted by Gasteiger charge is -2.59. The molecule has 5 aliphatic rings. The number of hydrogen-bond donors (Lipinski definition) is 0. The molecule has 0 amide bonds. The van der Waals surface area contributed by atoms with E-state index in [0.29, 0.717) is 6.17 Å². The lowest BCUT2D eigenvalue weighted by atomic mass is 9.55. The number of nitrogens with zero attached hydrogens (tertiary/aromatic N) is 2. The second-order valence-electron chi connectivity index (χ2n) is 16.7. The highest BCUT2D eigenvalue weighted by molar-refractivity contribution is 5.86. The van der Waals surface area contributed by atoms with Gasteiger partial charge in [-0.1, -0.05) is 85.4 Å². The first-order chi connectivity index (χ1) is 21.3. The Morgan fingerprint density at radius 3 is 2.36 bits per heavy atom. The van der Waals surface area contributed by atoms with Crippen molar-refractivity contribution in [1.29, 1.82) is 0 Å². The summed E-state index contributed by atoms with van der Waals surface area (Å²) in [6.07, 6.45) is 19.7. The van der Waals surface area contributed by atoms with Crippen molar-refractivity contribution in [2.24, 2.45) is 29.1 Å². The lowest BCUT2D eigenvalue weighted by Crippen LogP contribution is -2.69. The van der Waals surface area contributed by atoms with Gasteiger partial charge in [0, 0.05) is 16.9 Å². The quantitative estimate of drug-likeness (QED) is 0.195. The number of quaternary nitrogens is 1. The minimum absolute atomic E-state index is 0.144. The molecule has 0 saturated heterocycles. The minimum atomic E-state index is 0.144. The number of fused-ring (bicyclic) bond motifs is 9. The van der Waals surface area contributed by atoms with E-state index in [0.717, 1.165) is 34.1 Å². The number of unbranched alkanes of at least 4 members (excludes halogenated alkanes) is 4. The van der Waals surface area contributed by atoms with Gasteiger partial charge in [0.05, 0.1) is 19.3 Å². The van der Waals surface area contributed by atoms with Gasteiger partial charge in [-0.3, -0.25) is 9.38 Å². The summed E-state index contributed by atoms with van der Waals surface area (Å²) in [7, 11) is 2.66. The van der Waals surface area contributed by atoms with Crippen LogP contribution in [-0.4, -0.2) is 19.8 Å². The molecule has 2 aromatic rings. The van der Waals surface area contributed by atoms with Crippen LogP contribution in [0.4, 0.5) is 17.1 Å². The van der Waals surface area contributed by atoms with Crippen LogP contribution in [0.15, 0.2) is 36.4 Å². The third-order valence-corrected chi connectivity index (χ3v) is 15.0. The van der Waals surface area contributed by atoms with E-state index >= 15 is 0 Å². The van der Waals surface area contributed by atoms with Crippen molar-refractivity contribution in [2.75, 3.05) is 18.5 Å². The normalized spacial score (nSPS) is 38.1. The van der Waals surface area contributed by atoms with Crippen LogP contribution in [-0.2, 0) is 11.8 Å². The number of benzene rings is 2. The molecule has 44 heavy (non-hydrogen) atoms. The topological polar surface area (TPSA) is 3.24 Å². The van der Waals surface area contributed by atoms with E-state index in [4.69, 9.17) is 0 Å². The van der Waals surface area contributed by atoms with Gasteiger partial charge < -0.3 is 0 Å². The number of para-hydroxylation sites is 1. The lowest BCUT2D eigenvalue weighted by molar-refractivity contribution is 0.0235. The Kier molecular flexibility index (Phi) is 8.04. The maximum Gasteiger partial charge on any atom is 0.180 e. The maximum atomic E-state index is 2.91. The smallest absolute Gasteiger partial charge is 0.180 e. The van der Waals surface area contributed by atoms with Gasteiger partial charge in [-0.2, -0.15) is 0 Å². The van der Waals surface area contributed by atoms with Gasteiger partial charge in [0.2, 0.25) is 0 Å². The third-order valence-electron chi connectivity index (χ3n) is 15.0. The minimum Gasteiger partial charge on any atom is -0.285 e. The van der Waals surface area contributed by atoms with E-state index in [1.165, 1.54) is 102 Å². The SMILES string of the molecule is CCCCCC[N+]1(C)c2cc3c(cc2N2c4ccccc4C(C)(CC)C(C)(CC)C21)CC1CCC2CC3CC1C2CCCC. The molecule has 2 saturated carbocycles. The highest BCUT2D eigenvalue weighted by Crippen LogP contribution is 2.66. The van der Waals surface area contributed by atoms with Crippen LogP contribution in [0.1, 0.15) is 148 Å². The van der Waals surface area contributed by atoms with Crippen molar-refractivity contribution in [3.05, 3.63) is 53.1 Å². The average Bonchev–Trinajstić information content (AvgIpc) is 3.25. The molecule has 3 bridgehead atoms. The Labute approximate surface area is 270 Å². The molecule has 240 valence electrons. The fourth-order valence-corrected chi connectivity index (χ4v) is 12.2. The molecule has 2 aliphatic heterocycles. The summed E-state index contributed by atoms with van der Waals surface area (Å²) in [6, 6.07) is 15.2. The highest BCUT2D eigenvalue weighted by atomic mass is 15.5. The summed E-state index contributed by atoms with van der Waals surface area (Å²) in [6.45, 7) is 16.2. The standard InChI is InChI=1S/C42H63N2/c1-8-12-14-17-23-44(7)39-28-34-31-24-29-21-22-30(35(26-31)33(29)18-13-9-2)25-32(34)27-38(39)43-37-20-16-15-19-36(37)41(5,10-3)42(6,11-4)40(43)44/h15-16,19-20,27-31,33,35,40H,8-14,17-18,21-26H2,1-7H3/q+1. The predicted octanol–water partition coefficient (Wildman–Crippen LogP) is 11.7. The Bertz CT molecular complexity index is 1360. The van der Waals surface area contributed by atoms with E-state index in [9.17, 15) is 0 Å². The zero-order valence-electron chi connectivity index (χ0n) is 29.4. The average molecular weight is 596 g/mol. The second kappa shape index (κ2) is 11.5. The van der Waals surface area contributed by atoms with E-state index < -0.39 is 0 Å². The number of rotatable bonds is 10. The number of hydrogen-bond acceptors (Lipinski definition) is 1. The van der Waals surface area contributed by atoms with Crippen molar-refractivity contribution in [1.82, 2.24) is 4.48 Å². The largest absolute Gasteiger partial charge is 0.285 e. The van der Waals surface area contributed by atoms with Gasteiger partial charge in [0.1, 0.15) is 5.69 Å². The molecule has 9 atom stereocenters. The van der Waals surface area contributed by atoms with Gasteiger partial charge in [-0.15, -0.1) is 0 Å². The molecule has 2 nitrogen and oxygen atoms in total. The van der Waals surface area contributed by atoms with Crippen molar-refractivity contribution < 1.29 is 0 Å². The van der Waals surface area contributed by atoms with Crippen molar-refractivity contribution in [3.8, 4) is 0 Å². The zero-order chi connectivity index (χ0) is 30.9. The second-order valence-corrected chi connectivity index (χ2v) is 16.7. The van der Waals surface area contributed by atoms with E-state index in [2.05, 4.69) is 89.9 Å². The monoisotopic (exact) mass is 595 g/mol. The maximum absolute atomic E-state index is 2.91. The van der Waals surface area contributed by atoms with Crippen LogP contribution in [0.5, 0.6) is 0 Å². The zero-order valence-corrected chi connectivity index (χ0v) is 29.4. The van der Waals surface area contributed by atoms with Crippen LogP contribution in [0.2, 0.25) is 0 Å². The van der Waals surface area contributed by atoms with E-state index in [1.807, 2.05) is 0 Å². The summed E-state index contributed by atoms with van der Waals surface area (Å²) in [5.74, 6) is 4.63. The molecule has 2 fully saturated rings. The Hall–Kier alpha value is -1.80. The molecule has 2 heteroatoms. The van der Waals surface area contributed by atoms with E-state index in [-0.39, 0.29) is 10.8 Å². The summed E-state index contributed by atoms with van der Waals surface area (Å²) < 4.78 is 1.09. The fraction of sp³-hybridized carbons (Fsp3) is 0.714. The van der Waals surface area contributed by atoms with Gasteiger partial charge >= 0.3 is 0 Å². The molecule has 2 heterocycles. The van der Waals surface area contributed by atoms with Gasteiger partial charge in [0.15, 0.2) is 11.9 Å². The van der Waals surface area contributed by atoms with Gasteiger partial charge in [0.25, 0.3) is 0 Å². The first kappa shape index (κ1) is 30.8. The Morgan fingerprint density at radius 1 is 0.841 bits per heavy atom. The van der Waals surface area contributed by atoms with Gasteiger partial charge in [-0.05, 0) is 123 Å². The number of anilines is 2. The molecule has 7 rings (SSSR count). The van der Waals surface area contributed by atoms with Gasteiger partial charge in [-0.25, -0.2) is 0 Å². The van der Waals surface area contributed by atoms with Crippen molar-refractivity contribution in [3.63, 3.8) is 0 Å². The molecule has 0 aromatic heterocycles. The summed E-state index contributed by atoms with van der Waals surface area (Å²) in [5.41, 5.74) is 10.1. The van der Waals surface area contributed by atoms with Crippen LogP contribution in [0, 0.1) is 29.1 Å². The molecular formula is C42H63N2+. The highest BCUT2D eigenvalue weighted by Gasteiger charge is 2.66. The predicted molar refractivity (Wildman–Crippen MR) is 190 cm³/mol. The van der Waals surface area contributed by atoms with Crippen molar-refractivity contribution >= 4 is 17.1 Å². The molecule has 0 radical (unpaired) electrons. The molecule has 0 N–H and O–H groups in total. The summed E-state index contributed by atoms with van der Waals surface area (Å²) in [4.78, 5) is 2.91. The Morgan fingerprint density at radius 2 is 1.61 bits per heavy atom. The first-order valence-corrected chi connectivity index (χ1v) is 19.2. The molecule has 3 aliphatic carbocycles. The van der Waals surface area contributed by atoms with Crippen LogP contribution >= 0.6 is 0 Å². The van der Waals surface area contributed by atoms with Crippen LogP contribution < -0.4 is 9.38 Å². The fourth-order valence-electron chi connectivity index (χ4n) is 12.2. The van der Waals surface area contributed by atoms with Crippen LogP contribution in [0.25, 0.3) is 0 Å². The van der Waals surface area contributed by atoms with Crippen molar-refractivity contribution in [2.45, 2.75) is 149 Å². The third kappa shape index (κ3) is 4.28. The van der Waals surface area contributed by atoms with Crippen LogP contribution in [0.3, 0.4) is 0 Å². The first-order valence-electron chi connectivity index (χ1n) is 19.2. The molecule has 0 spiro atoms. The van der Waals surface area contributed by atoms with E-state index in [1.54, 1.807) is 28.1 Å². The Balaban J connectivity index is 1.39. The summed E-state index contributed by atoms with van der Waals surface area (Å²) in [5, 5.41) is 0. The molecule has 2 aromatic carbocycles.